The Morgan fingerprint density at radius 2 is 2.00 bits per heavy atom. The number of aryl methyl sites for hydroxylation is 1. The molecule has 160 valence electrons. The van der Waals surface area contributed by atoms with Crippen LogP contribution in [0.15, 0.2) is 23.2 Å². The second-order valence-corrected chi connectivity index (χ2v) is 7.03. The Morgan fingerprint density at radius 3 is 2.68 bits per heavy atom. The fourth-order valence-corrected chi connectivity index (χ4v) is 3.04. The smallest absolute Gasteiger partial charge is 0.191 e. The van der Waals surface area contributed by atoms with Gasteiger partial charge >= 0.3 is 0 Å². The van der Waals surface area contributed by atoms with Crippen LogP contribution in [-0.2, 0) is 11.3 Å². The minimum Gasteiger partial charge on any atom is -0.493 e. The van der Waals surface area contributed by atoms with Crippen LogP contribution in [0.25, 0.3) is 0 Å². The summed E-state index contributed by atoms with van der Waals surface area (Å²) in [5.74, 6) is 1.79. The van der Waals surface area contributed by atoms with E-state index in [1.807, 2.05) is 0 Å². The minimum absolute atomic E-state index is 0. The van der Waals surface area contributed by atoms with Crippen LogP contribution in [0.1, 0.15) is 38.3 Å². The molecule has 1 aromatic carbocycles. The highest BCUT2D eigenvalue weighted by Crippen LogP contribution is 2.21. The lowest BCUT2D eigenvalue weighted by Crippen LogP contribution is -2.49. The Hall–Kier alpha value is -1.06. The van der Waals surface area contributed by atoms with E-state index in [2.05, 4.69) is 61.4 Å². The predicted octanol–water partition coefficient (Wildman–Crippen LogP) is 3.18. The number of ether oxygens (including phenoxy) is 2. The lowest BCUT2D eigenvalue weighted by atomic mass is 10.1. The summed E-state index contributed by atoms with van der Waals surface area (Å²) in [5.41, 5.74) is 2.32. The number of benzene rings is 1. The Kier molecular flexibility index (Phi) is 12.5. The van der Waals surface area contributed by atoms with Crippen LogP contribution in [0.5, 0.6) is 5.75 Å². The Bertz CT molecular complexity index is 592. The van der Waals surface area contributed by atoms with Gasteiger partial charge in [-0.15, -0.1) is 24.0 Å². The number of nitrogens with zero attached hydrogens (tertiary/aromatic N) is 2. The molecular weight excluding hydrogens is 467 g/mol. The highest BCUT2D eigenvalue weighted by molar-refractivity contribution is 14.0. The fraction of sp³-hybridized carbons (Fsp3) is 0.667. The standard InChI is InChI=1S/C21H36N4O2.HI/c1-5-11-27-20-14-17(3)7-8-19(20)16-24-21(22-6-2)23-15-18(4)25-9-12-26-13-10-25;/h7-8,14,18H,5-6,9-13,15-16H2,1-4H3,(H2,22,23,24);1H. The average Bonchev–Trinajstić information content (AvgIpc) is 2.69. The van der Waals surface area contributed by atoms with Crippen molar-refractivity contribution >= 4 is 29.9 Å². The van der Waals surface area contributed by atoms with Crippen LogP contribution >= 0.6 is 24.0 Å². The number of morpholine rings is 1. The van der Waals surface area contributed by atoms with E-state index in [0.717, 1.165) is 69.7 Å². The van der Waals surface area contributed by atoms with Gasteiger partial charge in [0.05, 0.1) is 26.4 Å². The van der Waals surface area contributed by atoms with Crippen LogP contribution in [-0.4, -0.2) is 62.9 Å². The van der Waals surface area contributed by atoms with Crippen molar-refractivity contribution in [2.45, 2.75) is 46.7 Å². The maximum absolute atomic E-state index is 5.91. The number of guanidine groups is 1. The van der Waals surface area contributed by atoms with Crippen LogP contribution in [0.4, 0.5) is 0 Å². The summed E-state index contributed by atoms with van der Waals surface area (Å²) >= 11 is 0. The molecular formula is C21H37IN4O2. The van der Waals surface area contributed by atoms with Gasteiger partial charge in [0.2, 0.25) is 0 Å². The maximum atomic E-state index is 5.91. The van der Waals surface area contributed by atoms with Crippen molar-refractivity contribution < 1.29 is 9.47 Å². The highest BCUT2D eigenvalue weighted by Gasteiger charge is 2.17. The van der Waals surface area contributed by atoms with Crippen molar-refractivity contribution in [3.63, 3.8) is 0 Å². The third-order valence-electron chi connectivity index (χ3n) is 4.67. The molecule has 1 saturated heterocycles. The first-order valence-electron chi connectivity index (χ1n) is 10.2. The second-order valence-electron chi connectivity index (χ2n) is 7.03. The van der Waals surface area contributed by atoms with Crippen molar-refractivity contribution in [3.8, 4) is 5.75 Å². The van der Waals surface area contributed by atoms with Crippen molar-refractivity contribution in [3.05, 3.63) is 29.3 Å². The first-order chi connectivity index (χ1) is 13.1. The zero-order valence-electron chi connectivity index (χ0n) is 17.8. The molecule has 1 aliphatic heterocycles. The van der Waals surface area contributed by atoms with Crippen molar-refractivity contribution in [1.82, 2.24) is 15.5 Å². The summed E-state index contributed by atoms with van der Waals surface area (Å²) in [6.07, 6.45) is 1.00. The largest absolute Gasteiger partial charge is 0.493 e. The normalized spacial score (nSPS) is 16.2. The van der Waals surface area contributed by atoms with Crippen LogP contribution in [0.2, 0.25) is 0 Å². The molecule has 0 spiro atoms. The number of aliphatic imine (C=N–C) groups is 1. The van der Waals surface area contributed by atoms with E-state index < -0.39 is 0 Å². The summed E-state index contributed by atoms with van der Waals surface area (Å²) in [6.45, 7) is 15.2. The molecule has 0 aliphatic carbocycles. The maximum Gasteiger partial charge on any atom is 0.191 e. The molecule has 1 unspecified atom stereocenters. The molecule has 0 radical (unpaired) electrons. The molecule has 1 atom stereocenters. The summed E-state index contributed by atoms with van der Waals surface area (Å²) in [7, 11) is 0. The van der Waals surface area contributed by atoms with Gasteiger partial charge in [0.25, 0.3) is 0 Å². The average molecular weight is 504 g/mol. The molecule has 6 nitrogen and oxygen atoms in total. The second kappa shape index (κ2) is 14.0. The van der Waals surface area contributed by atoms with E-state index >= 15 is 0 Å². The van der Waals surface area contributed by atoms with Gasteiger partial charge in [0, 0.05) is 37.8 Å². The van der Waals surface area contributed by atoms with Crippen molar-refractivity contribution in [1.29, 1.82) is 0 Å². The number of nitrogens with one attached hydrogen (secondary N) is 2. The molecule has 1 heterocycles. The van der Waals surface area contributed by atoms with E-state index in [4.69, 9.17) is 14.5 Å². The van der Waals surface area contributed by atoms with Gasteiger partial charge in [0.1, 0.15) is 5.75 Å². The predicted molar refractivity (Wildman–Crippen MR) is 127 cm³/mol. The molecule has 28 heavy (non-hydrogen) atoms. The van der Waals surface area contributed by atoms with E-state index in [0.29, 0.717) is 12.6 Å². The van der Waals surface area contributed by atoms with E-state index in [1.165, 1.54) is 5.56 Å². The van der Waals surface area contributed by atoms with Crippen LogP contribution in [0, 0.1) is 6.92 Å². The molecule has 2 rings (SSSR count). The fourth-order valence-electron chi connectivity index (χ4n) is 3.04. The van der Waals surface area contributed by atoms with Gasteiger partial charge < -0.3 is 20.1 Å². The third kappa shape index (κ3) is 8.53. The lowest BCUT2D eigenvalue weighted by Gasteiger charge is -2.32. The Morgan fingerprint density at radius 1 is 1.25 bits per heavy atom. The van der Waals surface area contributed by atoms with Crippen molar-refractivity contribution in [2.75, 3.05) is 46.0 Å². The zero-order chi connectivity index (χ0) is 19.5. The van der Waals surface area contributed by atoms with E-state index in [1.54, 1.807) is 0 Å². The number of halogens is 1. The van der Waals surface area contributed by atoms with Gasteiger partial charge in [0.15, 0.2) is 5.96 Å². The minimum atomic E-state index is 0. The first-order valence-corrected chi connectivity index (χ1v) is 10.2. The van der Waals surface area contributed by atoms with E-state index in [9.17, 15) is 0 Å². The van der Waals surface area contributed by atoms with E-state index in [-0.39, 0.29) is 24.0 Å². The molecule has 0 saturated carbocycles. The number of hydrogen-bond acceptors (Lipinski definition) is 4. The molecule has 1 aliphatic rings. The van der Waals surface area contributed by atoms with Crippen LogP contribution in [0.3, 0.4) is 0 Å². The molecule has 0 amide bonds. The topological polar surface area (TPSA) is 58.1 Å². The molecule has 1 aromatic rings. The summed E-state index contributed by atoms with van der Waals surface area (Å²) in [4.78, 5) is 7.23. The molecule has 7 heteroatoms. The summed E-state index contributed by atoms with van der Waals surface area (Å²) in [6, 6.07) is 6.77. The van der Waals surface area contributed by atoms with Crippen molar-refractivity contribution in [2.24, 2.45) is 4.99 Å². The molecule has 1 fully saturated rings. The first kappa shape index (κ1) is 25.0. The number of rotatable bonds is 9. The Balaban J connectivity index is 0.00000392. The van der Waals surface area contributed by atoms with Gasteiger partial charge in [-0.05, 0) is 38.8 Å². The number of hydrogen-bond donors (Lipinski definition) is 2. The molecule has 2 N–H and O–H groups in total. The van der Waals surface area contributed by atoms with Gasteiger partial charge in [-0.1, -0.05) is 19.1 Å². The third-order valence-corrected chi connectivity index (χ3v) is 4.67. The summed E-state index contributed by atoms with van der Waals surface area (Å²) in [5, 5.41) is 6.82. The van der Waals surface area contributed by atoms with Crippen LogP contribution < -0.4 is 15.4 Å². The monoisotopic (exact) mass is 504 g/mol. The Labute approximate surface area is 187 Å². The summed E-state index contributed by atoms with van der Waals surface area (Å²) < 4.78 is 11.3. The SMILES string of the molecule is CCCOc1cc(C)ccc1CN=C(NCC)NCC(C)N1CCOCC1.I. The molecule has 0 bridgehead atoms. The molecule has 0 aromatic heterocycles. The lowest BCUT2D eigenvalue weighted by molar-refractivity contribution is 0.0211. The van der Waals surface area contributed by atoms with Gasteiger partial charge in [-0.2, -0.15) is 0 Å². The highest BCUT2D eigenvalue weighted by atomic mass is 127. The van der Waals surface area contributed by atoms with Gasteiger partial charge in [-0.25, -0.2) is 4.99 Å². The zero-order valence-corrected chi connectivity index (χ0v) is 20.1. The van der Waals surface area contributed by atoms with Gasteiger partial charge in [-0.3, -0.25) is 4.90 Å². The quantitative estimate of drug-likeness (QED) is 0.308.